The Morgan fingerprint density at radius 2 is 1.04 bits per heavy atom. The molecule has 158 valence electrons. The van der Waals surface area contributed by atoms with Gasteiger partial charge in [-0.25, -0.2) is 0 Å². The number of hydrogen-bond donors (Lipinski definition) is 2. The van der Waals surface area contributed by atoms with Crippen molar-refractivity contribution in [2.45, 2.75) is 123 Å². The van der Waals surface area contributed by atoms with Gasteiger partial charge in [0.2, 0.25) is 0 Å². The second-order valence-electron chi connectivity index (χ2n) is 7.91. The predicted octanol–water partition coefficient (Wildman–Crippen LogP) is 6.11. The molecule has 1 atom stereocenters. The Bertz CT molecular complexity index is 385. The van der Waals surface area contributed by atoms with Crippen LogP contribution in [0.25, 0.3) is 0 Å². The maximum absolute atomic E-state index is 10.7. The van der Waals surface area contributed by atoms with Crippen LogP contribution in [0.1, 0.15) is 117 Å². The molecule has 0 aliphatic rings. The van der Waals surface area contributed by atoms with Gasteiger partial charge in [0.15, 0.2) is 0 Å². The second kappa shape index (κ2) is 18.2. The number of hydrogen-bond acceptors (Lipinski definition) is 3. The lowest BCUT2D eigenvalue weighted by Gasteiger charge is -2.11. The summed E-state index contributed by atoms with van der Waals surface area (Å²) in [5, 5.41) is 3.15. The number of nitrogens with one attached hydrogen (secondary N) is 1. The molecule has 5 heteroatoms. The van der Waals surface area contributed by atoms with Crippen molar-refractivity contribution in [2.24, 2.45) is 0 Å². The van der Waals surface area contributed by atoms with Gasteiger partial charge in [-0.05, 0) is 19.9 Å². The molecule has 0 radical (unpaired) electrons. The summed E-state index contributed by atoms with van der Waals surface area (Å²) in [6.45, 7) is 4.89. The summed E-state index contributed by atoms with van der Waals surface area (Å²) in [6.07, 6.45) is 21.7. The van der Waals surface area contributed by atoms with E-state index in [0.717, 1.165) is 13.0 Å². The maximum Gasteiger partial charge on any atom is 0.266 e. The third kappa shape index (κ3) is 21.9. The van der Waals surface area contributed by atoms with Crippen LogP contribution >= 0.6 is 0 Å². The van der Waals surface area contributed by atoms with E-state index in [-0.39, 0.29) is 11.8 Å². The highest BCUT2D eigenvalue weighted by atomic mass is 32.2. The van der Waals surface area contributed by atoms with Crippen molar-refractivity contribution in [2.75, 3.05) is 12.3 Å². The van der Waals surface area contributed by atoms with Crippen LogP contribution in [0.4, 0.5) is 0 Å². The Kier molecular flexibility index (Phi) is 18.2. The Hall–Kier alpha value is -0.130. The molecule has 0 saturated heterocycles. The SMILES string of the molecule is CCCCCCCCCCCCCCCCCCNC(C)CS(=O)(=O)O. The second-order valence-corrected chi connectivity index (χ2v) is 9.40. The smallest absolute Gasteiger partial charge is 0.266 e. The summed E-state index contributed by atoms with van der Waals surface area (Å²) >= 11 is 0. The van der Waals surface area contributed by atoms with Gasteiger partial charge in [-0.2, -0.15) is 8.42 Å². The Morgan fingerprint density at radius 3 is 1.38 bits per heavy atom. The van der Waals surface area contributed by atoms with Gasteiger partial charge in [0.1, 0.15) is 0 Å². The Labute approximate surface area is 163 Å². The molecule has 26 heavy (non-hydrogen) atoms. The van der Waals surface area contributed by atoms with Gasteiger partial charge in [0.25, 0.3) is 10.1 Å². The minimum absolute atomic E-state index is 0.179. The Morgan fingerprint density at radius 1 is 0.692 bits per heavy atom. The molecule has 0 aromatic rings. The van der Waals surface area contributed by atoms with Gasteiger partial charge in [-0.15, -0.1) is 0 Å². The van der Waals surface area contributed by atoms with E-state index in [0.29, 0.717) is 0 Å². The molecule has 0 heterocycles. The summed E-state index contributed by atoms with van der Waals surface area (Å²) in [7, 11) is -3.86. The highest BCUT2D eigenvalue weighted by molar-refractivity contribution is 7.85. The van der Waals surface area contributed by atoms with Crippen LogP contribution in [0.5, 0.6) is 0 Å². The average molecular weight is 392 g/mol. The first-order valence-electron chi connectivity index (χ1n) is 11.1. The van der Waals surface area contributed by atoms with Crippen LogP contribution in [0.2, 0.25) is 0 Å². The molecular weight excluding hydrogens is 346 g/mol. The van der Waals surface area contributed by atoms with Gasteiger partial charge >= 0.3 is 0 Å². The van der Waals surface area contributed by atoms with E-state index in [1.807, 2.05) is 0 Å². The molecule has 0 spiro atoms. The van der Waals surface area contributed by atoms with Gasteiger partial charge < -0.3 is 5.32 Å². The van der Waals surface area contributed by atoms with Crippen molar-refractivity contribution in [3.63, 3.8) is 0 Å². The fraction of sp³-hybridized carbons (Fsp3) is 1.00. The van der Waals surface area contributed by atoms with Crippen LogP contribution < -0.4 is 5.32 Å². The zero-order valence-electron chi connectivity index (χ0n) is 17.5. The monoisotopic (exact) mass is 391 g/mol. The van der Waals surface area contributed by atoms with Gasteiger partial charge in [0, 0.05) is 6.04 Å². The van der Waals surface area contributed by atoms with Crippen LogP contribution in [0.15, 0.2) is 0 Å². The number of unbranched alkanes of at least 4 members (excludes halogenated alkanes) is 15. The van der Waals surface area contributed by atoms with Crippen LogP contribution in [0, 0.1) is 0 Å². The van der Waals surface area contributed by atoms with E-state index in [1.54, 1.807) is 6.92 Å². The summed E-state index contributed by atoms with van der Waals surface area (Å²) in [4.78, 5) is 0. The van der Waals surface area contributed by atoms with Crippen molar-refractivity contribution >= 4 is 10.1 Å². The molecule has 1 unspecified atom stereocenters. The van der Waals surface area contributed by atoms with Crippen LogP contribution in [0.3, 0.4) is 0 Å². The van der Waals surface area contributed by atoms with Crippen molar-refractivity contribution in [3.8, 4) is 0 Å². The van der Waals surface area contributed by atoms with E-state index in [2.05, 4.69) is 12.2 Å². The largest absolute Gasteiger partial charge is 0.313 e. The molecule has 0 saturated carbocycles. The predicted molar refractivity (Wildman–Crippen MR) is 113 cm³/mol. The van der Waals surface area contributed by atoms with E-state index in [9.17, 15) is 8.42 Å². The standard InChI is InChI=1S/C21H45NO3S/c1-3-4-5-6-7-8-9-10-11-12-13-14-15-16-17-18-19-22-21(2)20-26(23,24)25/h21-22H,3-20H2,1-2H3,(H,23,24,25). The first kappa shape index (κ1) is 25.9. The summed E-state index contributed by atoms with van der Waals surface area (Å²) in [5.41, 5.74) is 0. The molecule has 0 fully saturated rings. The van der Waals surface area contributed by atoms with Crippen LogP contribution in [-0.2, 0) is 10.1 Å². The normalized spacial score (nSPS) is 13.2. The molecular formula is C21H45NO3S. The van der Waals surface area contributed by atoms with Crippen LogP contribution in [-0.4, -0.2) is 31.3 Å². The quantitative estimate of drug-likeness (QED) is 0.194. The summed E-state index contributed by atoms with van der Waals surface area (Å²) in [5.74, 6) is -0.203. The molecule has 0 aromatic carbocycles. The van der Waals surface area contributed by atoms with E-state index in [4.69, 9.17) is 4.55 Å². The lowest BCUT2D eigenvalue weighted by atomic mass is 10.0. The third-order valence-corrected chi connectivity index (χ3v) is 5.90. The van der Waals surface area contributed by atoms with E-state index in [1.165, 1.54) is 96.3 Å². The first-order valence-corrected chi connectivity index (χ1v) is 12.7. The zero-order chi connectivity index (χ0) is 19.5. The molecule has 0 amide bonds. The van der Waals surface area contributed by atoms with E-state index < -0.39 is 10.1 Å². The fourth-order valence-corrected chi connectivity index (χ4v) is 4.15. The molecule has 0 aromatic heterocycles. The van der Waals surface area contributed by atoms with Crippen molar-refractivity contribution in [1.82, 2.24) is 5.32 Å². The highest BCUT2D eigenvalue weighted by Crippen LogP contribution is 2.13. The molecule has 0 aliphatic carbocycles. The lowest BCUT2D eigenvalue weighted by molar-refractivity contribution is 0.465. The maximum atomic E-state index is 10.7. The van der Waals surface area contributed by atoms with Gasteiger partial charge in [-0.1, -0.05) is 103 Å². The minimum atomic E-state index is -3.86. The van der Waals surface area contributed by atoms with E-state index >= 15 is 0 Å². The Balaban J connectivity index is 3.13. The third-order valence-electron chi connectivity index (χ3n) is 4.98. The average Bonchev–Trinajstić information content (AvgIpc) is 2.56. The first-order chi connectivity index (χ1) is 12.5. The van der Waals surface area contributed by atoms with Crippen molar-refractivity contribution in [1.29, 1.82) is 0 Å². The lowest BCUT2D eigenvalue weighted by Crippen LogP contribution is -2.33. The molecule has 0 bridgehead atoms. The highest BCUT2D eigenvalue weighted by Gasteiger charge is 2.10. The zero-order valence-corrected chi connectivity index (χ0v) is 18.3. The molecule has 2 N–H and O–H groups in total. The molecule has 4 nitrogen and oxygen atoms in total. The number of rotatable bonds is 20. The van der Waals surface area contributed by atoms with Gasteiger partial charge in [-0.3, -0.25) is 4.55 Å². The van der Waals surface area contributed by atoms with Crippen molar-refractivity contribution < 1.29 is 13.0 Å². The van der Waals surface area contributed by atoms with Gasteiger partial charge in [0.05, 0.1) is 5.75 Å². The minimum Gasteiger partial charge on any atom is -0.313 e. The van der Waals surface area contributed by atoms with Crippen molar-refractivity contribution in [3.05, 3.63) is 0 Å². The summed E-state index contributed by atoms with van der Waals surface area (Å²) in [6, 6.07) is -0.179. The molecule has 0 aliphatic heterocycles. The fourth-order valence-electron chi connectivity index (χ4n) is 3.40. The summed E-state index contributed by atoms with van der Waals surface area (Å²) < 4.78 is 30.2. The molecule has 0 rings (SSSR count). The topological polar surface area (TPSA) is 66.4 Å².